The Balaban J connectivity index is 1.86. The van der Waals surface area contributed by atoms with Gasteiger partial charge in [-0.05, 0) is 25.2 Å². The quantitative estimate of drug-likeness (QED) is 0.548. The molecule has 2 atom stereocenters. The highest BCUT2D eigenvalue weighted by atomic mass is 16.5. The van der Waals surface area contributed by atoms with E-state index in [9.17, 15) is 0 Å². The molecule has 1 heteroatoms. The van der Waals surface area contributed by atoms with Crippen LogP contribution in [0.2, 0.25) is 0 Å². The van der Waals surface area contributed by atoms with Gasteiger partial charge in [0.15, 0.2) is 0 Å². The molecule has 0 aromatic rings. The van der Waals surface area contributed by atoms with Gasteiger partial charge < -0.3 is 4.74 Å². The van der Waals surface area contributed by atoms with Gasteiger partial charge in [-0.3, -0.25) is 0 Å². The summed E-state index contributed by atoms with van der Waals surface area (Å²) >= 11 is 0. The fraction of sp³-hybridized carbons (Fsp3) is 0.857. The molecule has 1 heterocycles. The highest BCUT2D eigenvalue weighted by Gasteiger charge is 2.25. The molecule has 0 aromatic heterocycles. The maximum atomic E-state index is 5.60. The molecular weight excluding hydrogens is 184 g/mol. The minimum Gasteiger partial charge on any atom is -0.381 e. The van der Waals surface area contributed by atoms with Gasteiger partial charge in [-0.25, -0.2) is 0 Å². The molecule has 2 aliphatic rings. The highest BCUT2D eigenvalue weighted by Crippen LogP contribution is 2.28. The molecule has 0 N–H and O–H groups in total. The van der Waals surface area contributed by atoms with E-state index in [2.05, 4.69) is 12.2 Å². The summed E-state index contributed by atoms with van der Waals surface area (Å²) < 4.78 is 5.60. The van der Waals surface area contributed by atoms with E-state index in [1.54, 1.807) is 0 Å². The first kappa shape index (κ1) is 11.2. The first-order chi connectivity index (χ1) is 7.47. The number of allylic oxidation sites excluding steroid dienone is 1. The van der Waals surface area contributed by atoms with Gasteiger partial charge in [-0.1, -0.05) is 44.3 Å². The Hall–Kier alpha value is -0.300. The van der Waals surface area contributed by atoms with Gasteiger partial charge in [0.1, 0.15) is 0 Å². The SMILES string of the molecule is C1=C[C@@H]2COC[C@@H]2CCCCCCCC1. The molecule has 0 bridgehead atoms. The van der Waals surface area contributed by atoms with E-state index in [4.69, 9.17) is 4.74 Å². The van der Waals surface area contributed by atoms with E-state index < -0.39 is 0 Å². The second kappa shape index (κ2) is 6.32. The van der Waals surface area contributed by atoms with Crippen LogP contribution in [-0.2, 0) is 4.74 Å². The Morgan fingerprint density at radius 2 is 1.67 bits per heavy atom. The largest absolute Gasteiger partial charge is 0.381 e. The average molecular weight is 208 g/mol. The first-order valence-electron chi connectivity index (χ1n) is 6.71. The van der Waals surface area contributed by atoms with Crippen LogP contribution in [0.25, 0.3) is 0 Å². The molecule has 0 spiro atoms. The zero-order chi connectivity index (χ0) is 10.3. The summed E-state index contributed by atoms with van der Waals surface area (Å²) in [6.45, 7) is 1.98. The summed E-state index contributed by atoms with van der Waals surface area (Å²) in [4.78, 5) is 0. The predicted molar refractivity (Wildman–Crippen MR) is 63.9 cm³/mol. The molecule has 15 heavy (non-hydrogen) atoms. The molecular formula is C14H24O. The van der Waals surface area contributed by atoms with Crippen molar-refractivity contribution in [3.8, 4) is 0 Å². The third kappa shape index (κ3) is 3.64. The molecule has 1 aliphatic carbocycles. The van der Waals surface area contributed by atoms with Crippen molar-refractivity contribution in [3.05, 3.63) is 12.2 Å². The Kier molecular flexibility index (Phi) is 4.72. The Labute approximate surface area is 93.9 Å². The van der Waals surface area contributed by atoms with E-state index in [0.717, 1.165) is 25.0 Å². The van der Waals surface area contributed by atoms with Gasteiger partial charge in [0, 0.05) is 5.92 Å². The van der Waals surface area contributed by atoms with Gasteiger partial charge in [0.05, 0.1) is 13.2 Å². The minimum atomic E-state index is 0.726. The van der Waals surface area contributed by atoms with E-state index in [1.807, 2.05) is 0 Å². The number of ether oxygens (including phenoxy) is 1. The molecule has 0 radical (unpaired) electrons. The molecule has 1 saturated heterocycles. The van der Waals surface area contributed by atoms with Crippen LogP contribution >= 0.6 is 0 Å². The highest BCUT2D eigenvalue weighted by molar-refractivity contribution is 4.94. The van der Waals surface area contributed by atoms with E-state index in [-0.39, 0.29) is 0 Å². The maximum absolute atomic E-state index is 5.60. The summed E-state index contributed by atoms with van der Waals surface area (Å²) in [6.07, 6.45) is 16.0. The van der Waals surface area contributed by atoms with Crippen molar-refractivity contribution in [2.45, 2.75) is 51.4 Å². The van der Waals surface area contributed by atoms with Crippen LogP contribution in [0.3, 0.4) is 0 Å². The Morgan fingerprint density at radius 3 is 2.60 bits per heavy atom. The van der Waals surface area contributed by atoms with Crippen molar-refractivity contribution in [2.75, 3.05) is 13.2 Å². The third-order valence-corrected chi connectivity index (χ3v) is 3.83. The van der Waals surface area contributed by atoms with Gasteiger partial charge in [0.2, 0.25) is 0 Å². The predicted octanol–water partition coefficient (Wildman–Crippen LogP) is 3.94. The van der Waals surface area contributed by atoms with Crippen molar-refractivity contribution < 1.29 is 4.74 Å². The van der Waals surface area contributed by atoms with Crippen LogP contribution in [0.15, 0.2) is 12.2 Å². The fourth-order valence-electron chi connectivity index (χ4n) is 2.77. The summed E-state index contributed by atoms with van der Waals surface area (Å²) in [7, 11) is 0. The van der Waals surface area contributed by atoms with Crippen molar-refractivity contribution >= 4 is 0 Å². The first-order valence-corrected chi connectivity index (χ1v) is 6.71. The van der Waals surface area contributed by atoms with Gasteiger partial charge >= 0.3 is 0 Å². The second-order valence-electron chi connectivity index (χ2n) is 5.09. The van der Waals surface area contributed by atoms with Gasteiger partial charge in [-0.15, -0.1) is 0 Å². The van der Waals surface area contributed by atoms with Crippen molar-refractivity contribution in [1.82, 2.24) is 0 Å². The topological polar surface area (TPSA) is 9.23 Å². The molecule has 0 saturated carbocycles. The third-order valence-electron chi connectivity index (χ3n) is 3.83. The molecule has 86 valence electrons. The van der Waals surface area contributed by atoms with Crippen LogP contribution in [0.1, 0.15) is 51.4 Å². The van der Waals surface area contributed by atoms with Crippen LogP contribution in [-0.4, -0.2) is 13.2 Å². The zero-order valence-corrected chi connectivity index (χ0v) is 9.79. The minimum absolute atomic E-state index is 0.726. The van der Waals surface area contributed by atoms with Crippen LogP contribution in [0.5, 0.6) is 0 Å². The van der Waals surface area contributed by atoms with Crippen LogP contribution in [0.4, 0.5) is 0 Å². The Bertz CT molecular complexity index is 198. The Morgan fingerprint density at radius 1 is 0.867 bits per heavy atom. The number of hydrogen-bond donors (Lipinski definition) is 0. The molecule has 2 rings (SSSR count). The molecule has 1 aliphatic heterocycles. The van der Waals surface area contributed by atoms with Gasteiger partial charge in [0.25, 0.3) is 0 Å². The average Bonchev–Trinajstić information content (AvgIpc) is 2.65. The summed E-state index contributed by atoms with van der Waals surface area (Å²) in [6, 6.07) is 0. The van der Waals surface area contributed by atoms with Crippen LogP contribution < -0.4 is 0 Å². The normalized spacial score (nSPS) is 34.1. The molecule has 0 amide bonds. The summed E-state index contributed by atoms with van der Waals surface area (Å²) in [5, 5.41) is 0. The maximum Gasteiger partial charge on any atom is 0.0532 e. The molecule has 1 fully saturated rings. The molecule has 0 unspecified atom stereocenters. The van der Waals surface area contributed by atoms with Crippen LogP contribution in [0, 0.1) is 11.8 Å². The molecule has 0 aromatic carbocycles. The number of fused-ring (bicyclic) bond motifs is 1. The summed E-state index contributed by atoms with van der Waals surface area (Å²) in [5.74, 6) is 1.55. The van der Waals surface area contributed by atoms with E-state index in [0.29, 0.717) is 0 Å². The zero-order valence-electron chi connectivity index (χ0n) is 9.79. The van der Waals surface area contributed by atoms with Crippen molar-refractivity contribution in [1.29, 1.82) is 0 Å². The standard InChI is InChI=1S/C14H24O/c1-2-4-6-8-10-14-12-15-11-13(14)9-7-5-3-1/h7,9,13-14H,1-6,8,10-12H2/t13-,14+/m1/s1. The molecule has 1 nitrogen and oxygen atoms in total. The number of rotatable bonds is 0. The lowest BCUT2D eigenvalue weighted by Gasteiger charge is -2.14. The second-order valence-corrected chi connectivity index (χ2v) is 5.09. The van der Waals surface area contributed by atoms with E-state index >= 15 is 0 Å². The van der Waals surface area contributed by atoms with Crippen molar-refractivity contribution in [3.63, 3.8) is 0 Å². The monoisotopic (exact) mass is 208 g/mol. The lowest BCUT2D eigenvalue weighted by atomic mass is 9.89. The summed E-state index contributed by atoms with van der Waals surface area (Å²) in [5.41, 5.74) is 0. The lowest BCUT2D eigenvalue weighted by Crippen LogP contribution is -2.10. The smallest absolute Gasteiger partial charge is 0.0532 e. The van der Waals surface area contributed by atoms with E-state index in [1.165, 1.54) is 51.4 Å². The lowest BCUT2D eigenvalue weighted by molar-refractivity contribution is 0.181. The van der Waals surface area contributed by atoms with Crippen molar-refractivity contribution in [2.24, 2.45) is 11.8 Å². The van der Waals surface area contributed by atoms with Gasteiger partial charge in [-0.2, -0.15) is 0 Å². The fourth-order valence-corrected chi connectivity index (χ4v) is 2.77. The number of hydrogen-bond acceptors (Lipinski definition) is 1.